The Morgan fingerprint density at radius 2 is 2.17 bits per heavy atom. The lowest BCUT2D eigenvalue weighted by Crippen LogP contribution is -2.46. The van der Waals surface area contributed by atoms with Gasteiger partial charge in [0, 0.05) is 44.2 Å². The van der Waals surface area contributed by atoms with Crippen molar-refractivity contribution in [1.82, 2.24) is 10.2 Å². The number of hydrogen-bond donors (Lipinski definition) is 1. The molecule has 1 aromatic rings. The van der Waals surface area contributed by atoms with Crippen LogP contribution in [0.15, 0.2) is 18.2 Å². The van der Waals surface area contributed by atoms with Gasteiger partial charge in [-0.2, -0.15) is 0 Å². The average molecular weight is 248 g/mol. The maximum atomic E-state index is 5.80. The largest absolute Gasteiger partial charge is 0.493 e. The molecular weight excluding hydrogens is 228 g/mol. The molecule has 0 aliphatic carbocycles. The van der Waals surface area contributed by atoms with E-state index in [4.69, 9.17) is 9.47 Å². The summed E-state index contributed by atoms with van der Waals surface area (Å²) in [5.41, 5.74) is 1.28. The van der Waals surface area contributed by atoms with Crippen LogP contribution in [0, 0.1) is 0 Å². The van der Waals surface area contributed by atoms with E-state index in [1.807, 2.05) is 6.07 Å². The van der Waals surface area contributed by atoms with Gasteiger partial charge in [0.15, 0.2) is 11.5 Å². The van der Waals surface area contributed by atoms with Gasteiger partial charge in [0.2, 0.25) is 0 Å². The molecule has 3 rings (SSSR count). The third-order valence-corrected chi connectivity index (χ3v) is 3.82. The SMILES string of the molecule is COc1cccc2c1OCCC2N1CCNCC1. The van der Waals surface area contributed by atoms with Gasteiger partial charge in [-0.1, -0.05) is 12.1 Å². The van der Waals surface area contributed by atoms with Gasteiger partial charge in [-0.15, -0.1) is 0 Å². The highest BCUT2D eigenvalue weighted by Gasteiger charge is 2.29. The molecule has 2 aliphatic heterocycles. The zero-order chi connectivity index (χ0) is 12.4. The van der Waals surface area contributed by atoms with E-state index in [1.54, 1.807) is 7.11 Å². The van der Waals surface area contributed by atoms with Crippen LogP contribution in [0.1, 0.15) is 18.0 Å². The van der Waals surface area contributed by atoms with Crippen molar-refractivity contribution >= 4 is 0 Å². The van der Waals surface area contributed by atoms with Crippen molar-refractivity contribution < 1.29 is 9.47 Å². The number of ether oxygens (including phenoxy) is 2. The van der Waals surface area contributed by atoms with Crippen molar-refractivity contribution in [2.45, 2.75) is 12.5 Å². The molecule has 0 saturated carbocycles. The first-order chi connectivity index (χ1) is 8.90. The Balaban J connectivity index is 1.91. The van der Waals surface area contributed by atoms with Crippen LogP contribution in [0.3, 0.4) is 0 Å². The number of hydrogen-bond acceptors (Lipinski definition) is 4. The molecule has 2 heterocycles. The van der Waals surface area contributed by atoms with E-state index in [1.165, 1.54) is 5.56 Å². The molecule has 4 nitrogen and oxygen atoms in total. The highest BCUT2D eigenvalue weighted by atomic mass is 16.5. The zero-order valence-electron chi connectivity index (χ0n) is 10.8. The summed E-state index contributed by atoms with van der Waals surface area (Å²) in [7, 11) is 1.70. The Bertz CT molecular complexity index is 416. The molecular formula is C14H20N2O2. The first kappa shape index (κ1) is 11.8. The Hall–Kier alpha value is -1.26. The van der Waals surface area contributed by atoms with E-state index in [2.05, 4.69) is 22.3 Å². The predicted octanol–water partition coefficient (Wildman–Crippen LogP) is 1.42. The van der Waals surface area contributed by atoms with Crippen LogP contribution >= 0.6 is 0 Å². The summed E-state index contributed by atoms with van der Waals surface area (Å²) >= 11 is 0. The summed E-state index contributed by atoms with van der Waals surface area (Å²) in [6.45, 7) is 5.16. The fraction of sp³-hybridized carbons (Fsp3) is 0.571. The lowest BCUT2D eigenvalue weighted by Gasteiger charge is -2.38. The molecule has 4 heteroatoms. The van der Waals surface area contributed by atoms with E-state index in [-0.39, 0.29) is 0 Å². The molecule has 1 saturated heterocycles. The van der Waals surface area contributed by atoms with Crippen LogP contribution in [0.4, 0.5) is 0 Å². The Morgan fingerprint density at radius 3 is 2.94 bits per heavy atom. The van der Waals surface area contributed by atoms with Gasteiger partial charge in [-0.05, 0) is 6.07 Å². The van der Waals surface area contributed by atoms with Crippen molar-refractivity contribution in [3.05, 3.63) is 23.8 Å². The molecule has 1 aromatic carbocycles. The quantitative estimate of drug-likeness (QED) is 0.858. The maximum absolute atomic E-state index is 5.80. The number of nitrogens with zero attached hydrogens (tertiary/aromatic N) is 1. The van der Waals surface area contributed by atoms with Gasteiger partial charge in [0.25, 0.3) is 0 Å². The van der Waals surface area contributed by atoms with Crippen molar-refractivity contribution in [2.24, 2.45) is 0 Å². The third kappa shape index (κ3) is 2.06. The van der Waals surface area contributed by atoms with Crippen LogP contribution in [0.2, 0.25) is 0 Å². The van der Waals surface area contributed by atoms with Gasteiger partial charge < -0.3 is 14.8 Å². The highest BCUT2D eigenvalue weighted by Crippen LogP contribution is 2.41. The first-order valence-corrected chi connectivity index (χ1v) is 6.64. The number of piperazine rings is 1. The van der Waals surface area contributed by atoms with Crippen LogP contribution in [0.25, 0.3) is 0 Å². The lowest BCUT2D eigenvalue weighted by molar-refractivity contribution is 0.124. The van der Waals surface area contributed by atoms with Gasteiger partial charge in [0.1, 0.15) is 0 Å². The summed E-state index contributed by atoms with van der Waals surface area (Å²) in [5.74, 6) is 1.79. The summed E-state index contributed by atoms with van der Waals surface area (Å²) in [4.78, 5) is 2.55. The number of rotatable bonds is 2. The van der Waals surface area contributed by atoms with Gasteiger partial charge >= 0.3 is 0 Å². The molecule has 98 valence electrons. The molecule has 0 spiro atoms. The second kappa shape index (κ2) is 5.16. The van der Waals surface area contributed by atoms with E-state index >= 15 is 0 Å². The summed E-state index contributed by atoms with van der Waals surface area (Å²) in [5, 5.41) is 3.40. The monoisotopic (exact) mass is 248 g/mol. The molecule has 1 atom stereocenters. The van der Waals surface area contributed by atoms with Crippen molar-refractivity contribution in [3.63, 3.8) is 0 Å². The lowest BCUT2D eigenvalue weighted by atomic mass is 9.98. The van der Waals surface area contributed by atoms with Crippen LogP contribution < -0.4 is 14.8 Å². The fourth-order valence-corrected chi connectivity index (χ4v) is 2.91. The minimum Gasteiger partial charge on any atom is -0.493 e. The zero-order valence-corrected chi connectivity index (χ0v) is 10.8. The van der Waals surface area contributed by atoms with Crippen LogP contribution in [-0.4, -0.2) is 44.8 Å². The Kier molecular flexibility index (Phi) is 3.39. The molecule has 18 heavy (non-hydrogen) atoms. The number of para-hydroxylation sites is 1. The second-order valence-electron chi connectivity index (χ2n) is 4.82. The van der Waals surface area contributed by atoms with Crippen LogP contribution in [0.5, 0.6) is 11.5 Å². The number of nitrogens with one attached hydrogen (secondary N) is 1. The predicted molar refractivity (Wildman–Crippen MR) is 70.3 cm³/mol. The Labute approximate surface area is 108 Å². The highest BCUT2D eigenvalue weighted by molar-refractivity contribution is 5.49. The van der Waals surface area contributed by atoms with Gasteiger partial charge in [-0.3, -0.25) is 4.90 Å². The topological polar surface area (TPSA) is 33.7 Å². The van der Waals surface area contributed by atoms with Crippen molar-refractivity contribution in [3.8, 4) is 11.5 Å². The van der Waals surface area contributed by atoms with E-state index in [9.17, 15) is 0 Å². The standard InChI is InChI=1S/C14H20N2O2/c1-17-13-4-2-3-11-12(5-10-18-14(11)13)16-8-6-15-7-9-16/h2-4,12,15H,5-10H2,1H3. The summed E-state index contributed by atoms with van der Waals surface area (Å²) in [6.07, 6.45) is 1.07. The molecule has 0 bridgehead atoms. The molecule has 0 aromatic heterocycles. The smallest absolute Gasteiger partial charge is 0.165 e. The first-order valence-electron chi connectivity index (χ1n) is 6.64. The van der Waals surface area contributed by atoms with Gasteiger partial charge in [0.05, 0.1) is 13.7 Å². The summed E-state index contributed by atoms with van der Waals surface area (Å²) < 4.78 is 11.2. The molecule has 0 amide bonds. The molecule has 1 unspecified atom stereocenters. The molecule has 2 aliphatic rings. The summed E-state index contributed by atoms with van der Waals surface area (Å²) in [6, 6.07) is 6.68. The van der Waals surface area contributed by atoms with Crippen molar-refractivity contribution in [2.75, 3.05) is 39.9 Å². The number of fused-ring (bicyclic) bond motifs is 1. The second-order valence-corrected chi connectivity index (χ2v) is 4.82. The molecule has 0 radical (unpaired) electrons. The molecule has 1 N–H and O–H groups in total. The van der Waals surface area contributed by atoms with Crippen LogP contribution in [-0.2, 0) is 0 Å². The number of benzene rings is 1. The van der Waals surface area contributed by atoms with E-state index in [0.29, 0.717) is 6.04 Å². The molecule has 1 fully saturated rings. The van der Waals surface area contributed by atoms with Gasteiger partial charge in [-0.25, -0.2) is 0 Å². The average Bonchev–Trinajstić information content (AvgIpc) is 2.47. The Morgan fingerprint density at radius 1 is 1.33 bits per heavy atom. The van der Waals surface area contributed by atoms with E-state index in [0.717, 1.165) is 50.7 Å². The minimum absolute atomic E-state index is 0.478. The normalized spacial score (nSPS) is 24.2. The third-order valence-electron chi connectivity index (χ3n) is 3.82. The number of methoxy groups -OCH3 is 1. The van der Waals surface area contributed by atoms with E-state index < -0.39 is 0 Å². The van der Waals surface area contributed by atoms with Crippen molar-refractivity contribution in [1.29, 1.82) is 0 Å². The minimum atomic E-state index is 0.478. The fourth-order valence-electron chi connectivity index (χ4n) is 2.91. The maximum Gasteiger partial charge on any atom is 0.165 e.